The number of aromatic nitrogens is 3. The van der Waals surface area contributed by atoms with Gasteiger partial charge in [-0.1, -0.05) is 19.1 Å². The van der Waals surface area contributed by atoms with E-state index in [0.717, 1.165) is 29.2 Å². The standard InChI is InChI=1S/C15H16N4S/c1-2-17-12(13-10-16-7-8-18-13)9-15-19-11-5-3-4-6-14(11)20-15/h3-8,10,12,17H,2,9H2,1H3. The number of hydrogen-bond donors (Lipinski definition) is 1. The Morgan fingerprint density at radius 3 is 2.90 bits per heavy atom. The third-order valence-electron chi connectivity index (χ3n) is 3.11. The quantitative estimate of drug-likeness (QED) is 0.782. The van der Waals surface area contributed by atoms with Crippen LogP contribution in [0.3, 0.4) is 0 Å². The van der Waals surface area contributed by atoms with Crippen molar-refractivity contribution in [2.24, 2.45) is 0 Å². The molecule has 0 radical (unpaired) electrons. The van der Waals surface area contributed by atoms with Crippen LogP contribution in [0.4, 0.5) is 0 Å². The minimum Gasteiger partial charge on any atom is -0.309 e. The molecule has 0 spiro atoms. The first-order chi connectivity index (χ1) is 9.86. The first-order valence-corrected chi connectivity index (χ1v) is 7.52. The van der Waals surface area contributed by atoms with Crippen molar-refractivity contribution in [3.05, 3.63) is 53.6 Å². The highest BCUT2D eigenvalue weighted by molar-refractivity contribution is 7.18. The zero-order valence-corrected chi connectivity index (χ0v) is 12.1. The number of benzene rings is 1. The molecule has 1 aromatic carbocycles. The molecule has 4 nitrogen and oxygen atoms in total. The van der Waals surface area contributed by atoms with Gasteiger partial charge in [-0.25, -0.2) is 4.98 Å². The molecule has 5 heteroatoms. The van der Waals surface area contributed by atoms with Crippen molar-refractivity contribution in [3.8, 4) is 0 Å². The van der Waals surface area contributed by atoms with Gasteiger partial charge < -0.3 is 5.32 Å². The summed E-state index contributed by atoms with van der Waals surface area (Å²) in [6, 6.07) is 8.40. The maximum absolute atomic E-state index is 4.69. The van der Waals surface area contributed by atoms with Crippen LogP contribution in [0.1, 0.15) is 23.7 Å². The monoisotopic (exact) mass is 284 g/mol. The highest BCUT2D eigenvalue weighted by atomic mass is 32.1. The molecule has 0 fully saturated rings. The topological polar surface area (TPSA) is 50.7 Å². The number of likely N-dealkylation sites (N-methyl/N-ethyl adjacent to an activating group) is 1. The van der Waals surface area contributed by atoms with Gasteiger partial charge in [0.2, 0.25) is 0 Å². The first kappa shape index (κ1) is 13.1. The molecular formula is C15H16N4S. The molecule has 2 aromatic heterocycles. The minimum atomic E-state index is 0.161. The fourth-order valence-corrected chi connectivity index (χ4v) is 3.21. The normalized spacial score (nSPS) is 12.7. The highest BCUT2D eigenvalue weighted by Gasteiger charge is 2.15. The number of nitrogens with one attached hydrogen (secondary N) is 1. The molecule has 20 heavy (non-hydrogen) atoms. The van der Waals surface area contributed by atoms with Crippen molar-refractivity contribution in [1.29, 1.82) is 0 Å². The predicted molar refractivity (Wildman–Crippen MR) is 81.8 cm³/mol. The summed E-state index contributed by atoms with van der Waals surface area (Å²) in [5, 5.41) is 4.58. The van der Waals surface area contributed by atoms with E-state index in [-0.39, 0.29) is 6.04 Å². The van der Waals surface area contributed by atoms with Gasteiger partial charge in [-0.2, -0.15) is 0 Å². The Morgan fingerprint density at radius 1 is 1.25 bits per heavy atom. The second-order valence-electron chi connectivity index (χ2n) is 4.52. The van der Waals surface area contributed by atoms with Gasteiger partial charge in [-0.05, 0) is 18.7 Å². The van der Waals surface area contributed by atoms with Crippen molar-refractivity contribution in [2.45, 2.75) is 19.4 Å². The summed E-state index contributed by atoms with van der Waals surface area (Å²) in [4.78, 5) is 13.2. The molecule has 1 N–H and O–H groups in total. The number of rotatable bonds is 5. The van der Waals surface area contributed by atoms with E-state index in [2.05, 4.69) is 40.4 Å². The van der Waals surface area contributed by atoms with Crippen LogP contribution in [0.25, 0.3) is 10.2 Å². The smallest absolute Gasteiger partial charge is 0.0958 e. The lowest BCUT2D eigenvalue weighted by Gasteiger charge is -2.15. The van der Waals surface area contributed by atoms with E-state index in [4.69, 9.17) is 4.98 Å². The summed E-state index contributed by atoms with van der Waals surface area (Å²) in [5.41, 5.74) is 2.04. The summed E-state index contributed by atoms with van der Waals surface area (Å²) in [7, 11) is 0. The molecular weight excluding hydrogens is 268 g/mol. The number of nitrogens with zero attached hydrogens (tertiary/aromatic N) is 3. The van der Waals surface area contributed by atoms with Gasteiger partial charge in [0.25, 0.3) is 0 Å². The molecule has 1 atom stereocenters. The lowest BCUT2D eigenvalue weighted by atomic mass is 10.1. The third-order valence-corrected chi connectivity index (χ3v) is 4.17. The Labute approximate surface area is 121 Å². The number of fused-ring (bicyclic) bond motifs is 1. The van der Waals surface area contributed by atoms with Gasteiger partial charge >= 0.3 is 0 Å². The largest absolute Gasteiger partial charge is 0.309 e. The second-order valence-corrected chi connectivity index (χ2v) is 5.64. The minimum absolute atomic E-state index is 0.161. The summed E-state index contributed by atoms with van der Waals surface area (Å²) in [5.74, 6) is 0. The molecule has 2 heterocycles. The summed E-state index contributed by atoms with van der Waals surface area (Å²) in [6.45, 7) is 2.99. The van der Waals surface area contributed by atoms with Gasteiger partial charge in [0, 0.05) is 25.0 Å². The van der Waals surface area contributed by atoms with E-state index in [1.165, 1.54) is 4.70 Å². The van der Waals surface area contributed by atoms with Crippen molar-refractivity contribution in [1.82, 2.24) is 20.3 Å². The predicted octanol–water partition coefficient (Wildman–Crippen LogP) is 2.98. The van der Waals surface area contributed by atoms with Gasteiger partial charge in [-0.15, -0.1) is 11.3 Å². The molecule has 0 saturated carbocycles. The van der Waals surface area contributed by atoms with Crippen LogP contribution < -0.4 is 5.32 Å². The molecule has 1 unspecified atom stereocenters. The molecule has 0 bridgehead atoms. The lowest BCUT2D eigenvalue weighted by Crippen LogP contribution is -2.23. The van der Waals surface area contributed by atoms with E-state index in [9.17, 15) is 0 Å². The SMILES string of the molecule is CCNC(Cc1nc2ccccc2s1)c1cnccn1. The Bertz CT molecular complexity index is 647. The molecule has 0 saturated heterocycles. The molecule has 102 valence electrons. The van der Waals surface area contributed by atoms with Crippen molar-refractivity contribution < 1.29 is 0 Å². The number of hydrogen-bond acceptors (Lipinski definition) is 5. The average Bonchev–Trinajstić information content (AvgIpc) is 2.90. The van der Waals surface area contributed by atoms with Crippen LogP contribution >= 0.6 is 11.3 Å². The van der Waals surface area contributed by atoms with Gasteiger partial charge in [0.05, 0.1) is 27.0 Å². The zero-order chi connectivity index (χ0) is 13.8. The highest BCUT2D eigenvalue weighted by Crippen LogP contribution is 2.25. The van der Waals surface area contributed by atoms with Gasteiger partial charge in [0.15, 0.2) is 0 Å². The fraction of sp³-hybridized carbons (Fsp3) is 0.267. The summed E-state index contributed by atoms with van der Waals surface area (Å²) in [6.07, 6.45) is 6.09. The van der Waals surface area contributed by atoms with E-state index in [0.29, 0.717) is 0 Å². The Morgan fingerprint density at radius 2 is 2.15 bits per heavy atom. The number of para-hydroxylation sites is 1. The summed E-state index contributed by atoms with van der Waals surface area (Å²) < 4.78 is 1.23. The molecule has 0 aliphatic rings. The van der Waals surface area contributed by atoms with Crippen molar-refractivity contribution in [3.63, 3.8) is 0 Å². The molecule has 3 aromatic rings. The fourth-order valence-electron chi connectivity index (χ4n) is 2.20. The van der Waals surface area contributed by atoms with E-state index >= 15 is 0 Å². The second kappa shape index (κ2) is 6.07. The van der Waals surface area contributed by atoms with Crippen LogP contribution in [-0.2, 0) is 6.42 Å². The van der Waals surface area contributed by atoms with Crippen LogP contribution in [0.15, 0.2) is 42.9 Å². The van der Waals surface area contributed by atoms with Crippen LogP contribution in [0, 0.1) is 0 Å². The Kier molecular flexibility index (Phi) is 3.99. The Balaban J connectivity index is 1.86. The van der Waals surface area contributed by atoms with Gasteiger partial charge in [-0.3, -0.25) is 9.97 Å². The van der Waals surface area contributed by atoms with Crippen LogP contribution in [0.5, 0.6) is 0 Å². The maximum atomic E-state index is 4.69. The number of thiazole rings is 1. The van der Waals surface area contributed by atoms with E-state index in [1.54, 1.807) is 23.7 Å². The van der Waals surface area contributed by atoms with Crippen molar-refractivity contribution >= 4 is 21.6 Å². The third kappa shape index (κ3) is 2.84. The molecule has 0 aliphatic carbocycles. The van der Waals surface area contributed by atoms with E-state index < -0.39 is 0 Å². The zero-order valence-electron chi connectivity index (χ0n) is 11.3. The maximum Gasteiger partial charge on any atom is 0.0958 e. The van der Waals surface area contributed by atoms with Gasteiger partial charge in [0.1, 0.15) is 0 Å². The molecule has 3 rings (SSSR count). The average molecular weight is 284 g/mol. The molecule has 0 amide bonds. The first-order valence-electron chi connectivity index (χ1n) is 6.70. The lowest BCUT2D eigenvalue weighted by molar-refractivity contribution is 0.534. The van der Waals surface area contributed by atoms with Crippen molar-refractivity contribution in [2.75, 3.05) is 6.54 Å². The summed E-state index contributed by atoms with van der Waals surface area (Å²) >= 11 is 1.75. The van der Waals surface area contributed by atoms with Crippen LogP contribution in [-0.4, -0.2) is 21.5 Å². The van der Waals surface area contributed by atoms with E-state index in [1.807, 2.05) is 12.3 Å². The van der Waals surface area contributed by atoms with Crippen LogP contribution in [0.2, 0.25) is 0 Å². The molecule has 0 aliphatic heterocycles. The Hall–Kier alpha value is -1.85.